The van der Waals surface area contributed by atoms with E-state index in [0.29, 0.717) is 0 Å². The smallest absolute Gasteiger partial charge is 0.123 e. The van der Waals surface area contributed by atoms with Crippen LogP contribution in [0.4, 0.5) is 4.39 Å². The number of hydrogen-bond donors (Lipinski definition) is 0. The Labute approximate surface area is 163 Å². The Hall–Kier alpha value is -1.89. The summed E-state index contributed by atoms with van der Waals surface area (Å²) in [5, 5.41) is 0. The molecule has 0 bridgehead atoms. The molecule has 0 radical (unpaired) electrons. The molecule has 0 nitrogen and oxygen atoms in total. The topological polar surface area (TPSA) is 0 Å². The van der Waals surface area contributed by atoms with Gasteiger partial charge in [0.25, 0.3) is 0 Å². The summed E-state index contributed by atoms with van der Waals surface area (Å²) in [6.07, 6.45) is 13.7. The van der Waals surface area contributed by atoms with Gasteiger partial charge in [0, 0.05) is 0 Å². The number of allylic oxidation sites excluding steroid dienone is 2. The largest absolute Gasteiger partial charge is 0.207 e. The van der Waals surface area contributed by atoms with Crippen LogP contribution in [-0.2, 0) is 12.8 Å². The highest BCUT2D eigenvalue weighted by molar-refractivity contribution is 5.70. The molecule has 0 N–H and O–H groups in total. The molecule has 1 heteroatoms. The molecule has 27 heavy (non-hydrogen) atoms. The Bertz CT molecular complexity index is 791. The molecular formula is C26H31F. The summed E-state index contributed by atoms with van der Waals surface area (Å²) < 4.78 is 13.4. The molecule has 0 atom stereocenters. The number of hydrogen-bond acceptors (Lipinski definition) is 0. The zero-order valence-corrected chi connectivity index (χ0v) is 16.5. The molecule has 4 rings (SSSR count). The van der Waals surface area contributed by atoms with Crippen LogP contribution in [0.2, 0.25) is 0 Å². The van der Waals surface area contributed by atoms with Gasteiger partial charge in [-0.15, -0.1) is 0 Å². The van der Waals surface area contributed by atoms with Gasteiger partial charge in [0.05, 0.1) is 0 Å². The molecule has 2 aliphatic carbocycles. The van der Waals surface area contributed by atoms with Crippen LogP contribution in [0.15, 0.2) is 48.5 Å². The maximum atomic E-state index is 13.4. The van der Waals surface area contributed by atoms with Crippen molar-refractivity contribution < 1.29 is 4.39 Å². The minimum absolute atomic E-state index is 0.126. The maximum Gasteiger partial charge on any atom is 0.123 e. The molecular weight excluding hydrogens is 331 g/mol. The van der Waals surface area contributed by atoms with E-state index in [4.69, 9.17) is 0 Å². The lowest BCUT2D eigenvalue weighted by molar-refractivity contribution is 0.304. The van der Waals surface area contributed by atoms with Crippen molar-refractivity contribution in [3.8, 4) is 0 Å². The van der Waals surface area contributed by atoms with Crippen molar-refractivity contribution in [3.05, 3.63) is 76.6 Å². The minimum Gasteiger partial charge on any atom is -0.207 e. The first-order chi connectivity index (χ1) is 13.2. The highest BCUT2D eigenvalue weighted by atomic mass is 19.1. The van der Waals surface area contributed by atoms with E-state index < -0.39 is 0 Å². The van der Waals surface area contributed by atoms with Gasteiger partial charge in [-0.2, -0.15) is 0 Å². The zero-order chi connectivity index (χ0) is 18.6. The molecule has 0 heterocycles. The number of benzene rings is 2. The number of halogens is 1. The van der Waals surface area contributed by atoms with Crippen LogP contribution >= 0.6 is 0 Å². The lowest BCUT2D eigenvalue weighted by atomic mass is 9.77. The van der Waals surface area contributed by atoms with Crippen LogP contribution in [0.5, 0.6) is 0 Å². The van der Waals surface area contributed by atoms with Crippen molar-refractivity contribution in [1.82, 2.24) is 0 Å². The van der Waals surface area contributed by atoms with E-state index in [2.05, 4.69) is 37.3 Å². The fourth-order valence-electron chi connectivity index (χ4n) is 4.93. The highest BCUT2D eigenvalue weighted by Crippen LogP contribution is 2.38. The second-order valence-electron chi connectivity index (χ2n) is 8.51. The molecule has 142 valence electrons. The molecule has 0 aliphatic heterocycles. The first-order valence-electron chi connectivity index (χ1n) is 10.8. The molecule has 2 aromatic carbocycles. The molecule has 0 saturated heterocycles. The van der Waals surface area contributed by atoms with Crippen LogP contribution < -0.4 is 0 Å². The molecule has 0 amide bonds. The number of rotatable bonds is 5. The third-order valence-electron chi connectivity index (χ3n) is 6.68. The highest BCUT2D eigenvalue weighted by Gasteiger charge is 2.22. The van der Waals surface area contributed by atoms with E-state index in [9.17, 15) is 4.39 Å². The van der Waals surface area contributed by atoms with Crippen molar-refractivity contribution in [2.24, 2.45) is 5.92 Å². The first-order valence-corrected chi connectivity index (χ1v) is 10.8. The molecule has 0 unspecified atom stereocenters. The fourth-order valence-corrected chi connectivity index (χ4v) is 4.93. The summed E-state index contributed by atoms with van der Waals surface area (Å²) in [6.45, 7) is 2.30. The van der Waals surface area contributed by atoms with Gasteiger partial charge in [0.2, 0.25) is 0 Å². The van der Waals surface area contributed by atoms with Gasteiger partial charge >= 0.3 is 0 Å². The quantitative estimate of drug-likeness (QED) is 0.517. The van der Waals surface area contributed by atoms with Gasteiger partial charge in [-0.1, -0.05) is 62.6 Å². The fraction of sp³-hybridized carbons (Fsp3) is 0.462. The van der Waals surface area contributed by atoms with Crippen molar-refractivity contribution in [2.45, 2.75) is 70.6 Å². The summed E-state index contributed by atoms with van der Waals surface area (Å²) in [7, 11) is 0. The summed E-state index contributed by atoms with van der Waals surface area (Å²) in [5.74, 6) is 1.60. The van der Waals surface area contributed by atoms with Crippen molar-refractivity contribution in [3.63, 3.8) is 0 Å². The predicted octanol–water partition coefficient (Wildman–Crippen LogP) is 7.47. The van der Waals surface area contributed by atoms with Crippen molar-refractivity contribution >= 4 is 5.57 Å². The molecule has 1 saturated carbocycles. The zero-order valence-electron chi connectivity index (χ0n) is 16.5. The average molecular weight is 363 g/mol. The second kappa shape index (κ2) is 8.42. The van der Waals surface area contributed by atoms with Gasteiger partial charge in [0.15, 0.2) is 0 Å². The Kier molecular flexibility index (Phi) is 5.76. The standard InChI is InChI=1S/C26H31F/c1-2-3-4-19-5-7-20(8-6-19)21-9-11-22(12-10-21)23-13-14-25-18-26(27)16-15-24(25)17-23/h9-13,15-16,18-20H,2-8,14,17H2,1H3. The van der Waals surface area contributed by atoms with E-state index in [1.54, 1.807) is 12.1 Å². The third kappa shape index (κ3) is 4.34. The molecule has 0 aromatic heterocycles. The van der Waals surface area contributed by atoms with E-state index in [1.165, 1.54) is 67.2 Å². The Balaban J connectivity index is 1.39. The van der Waals surface area contributed by atoms with E-state index in [-0.39, 0.29) is 5.82 Å². The van der Waals surface area contributed by atoms with Crippen molar-refractivity contribution in [1.29, 1.82) is 0 Å². The second-order valence-corrected chi connectivity index (χ2v) is 8.51. The number of unbranched alkanes of at least 4 members (excludes halogenated alkanes) is 1. The van der Waals surface area contributed by atoms with E-state index in [0.717, 1.165) is 30.2 Å². The summed E-state index contributed by atoms with van der Waals surface area (Å²) >= 11 is 0. The van der Waals surface area contributed by atoms with E-state index in [1.807, 2.05) is 6.07 Å². The molecule has 2 aliphatic rings. The first kappa shape index (κ1) is 18.5. The molecule has 1 fully saturated rings. The lowest BCUT2D eigenvalue weighted by Crippen LogP contribution is -2.13. The Morgan fingerprint density at radius 2 is 1.70 bits per heavy atom. The van der Waals surface area contributed by atoms with Gasteiger partial charge in [-0.25, -0.2) is 4.39 Å². The van der Waals surface area contributed by atoms with Gasteiger partial charge < -0.3 is 0 Å². The normalized spacial score (nSPS) is 22.2. The summed E-state index contributed by atoms with van der Waals surface area (Å²) in [4.78, 5) is 0. The van der Waals surface area contributed by atoms with Crippen LogP contribution in [0.25, 0.3) is 5.57 Å². The van der Waals surface area contributed by atoms with Gasteiger partial charge in [-0.05, 0) is 90.3 Å². The summed E-state index contributed by atoms with van der Waals surface area (Å²) in [6, 6.07) is 14.5. The van der Waals surface area contributed by atoms with Crippen LogP contribution in [0.3, 0.4) is 0 Å². The van der Waals surface area contributed by atoms with Gasteiger partial charge in [0.1, 0.15) is 5.82 Å². The number of fused-ring (bicyclic) bond motifs is 1. The SMILES string of the molecule is CCCCC1CCC(c2ccc(C3=CCc4cc(F)ccc4C3)cc2)CC1. The monoisotopic (exact) mass is 362 g/mol. The third-order valence-corrected chi connectivity index (χ3v) is 6.68. The summed E-state index contributed by atoms with van der Waals surface area (Å²) in [5.41, 5.74) is 6.62. The molecule has 2 aromatic rings. The van der Waals surface area contributed by atoms with Crippen LogP contribution in [0, 0.1) is 11.7 Å². The maximum absolute atomic E-state index is 13.4. The van der Waals surface area contributed by atoms with Crippen molar-refractivity contribution in [2.75, 3.05) is 0 Å². The lowest BCUT2D eigenvalue weighted by Gasteiger charge is -2.29. The Morgan fingerprint density at radius 3 is 2.44 bits per heavy atom. The Morgan fingerprint density at radius 1 is 0.926 bits per heavy atom. The van der Waals surface area contributed by atoms with Crippen LogP contribution in [-0.4, -0.2) is 0 Å². The minimum atomic E-state index is -0.126. The van der Waals surface area contributed by atoms with Gasteiger partial charge in [-0.3, -0.25) is 0 Å². The van der Waals surface area contributed by atoms with E-state index >= 15 is 0 Å². The average Bonchev–Trinajstić information content (AvgIpc) is 2.72. The molecule has 0 spiro atoms. The predicted molar refractivity (Wildman–Crippen MR) is 112 cm³/mol. The van der Waals surface area contributed by atoms with Crippen LogP contribution in [0.1, 0.15) is 80.0 Å².